The number of aromatic amines is 1. The van der Waals surface area contributed by atoms with Crippen LogP contribution in [0.25, 0.3) is 11.1 Å². The van der Waals surface area contributed by atoms with Crippen molar-refractivity contribution in [3.05, 3.63) is 35.5 Å². The van der Waals surface area contributed by atoms with Crippen LogP contribution in [-0.2, 0) is 11.2 Å². The molecule has 2 aromatic rings. The third-order valence-electron chi connectivity index (χ3n) is 2.98. The Kier molecular flexibility index (Phi) is 3.99. The van der Waals surface area contributed by atoms with Gasteiger partial charge in [-0.05, 0) is 25.0 Å². The number of nitrogen functional groups attached to an aromatic ring is 1. The molecular weight excluding hydrogens is 226 g/mol. The lowest BCUT2D eigenvalue weighted by atomic mass is 9.99. The topological polar surface area (TPSA) is 63.9 Å². The molecule has 96 valence electrons. The molecule has 18 heavy (non-hydrogen) atoms. The lowest BCUT2D eigenvalue weighted by Crippen LogP contribution is -2.00. The van der Waals surface area contributed by atoms with Gasteiger partial charge >= 0.3 is 0 Å². The van der Waals surface area contributed by atoms with Crippen molar-refractivity contribution >= 4 is 5.82 Å². The Hall–Kier alpha value is -1.81. The van der Waals surface area contributed by atoms with Crippen molar-refractivity contribution in [3.8, 4) is 11.1 Å². The molecule has 2 rings (SSSR count). The molecule has 0 saturated heterocycles. The van der Waals surface area contributed by atoms with Crippen molar-refractivity contribution in [3.63, 3.8) is 0 Å². The summed E-state index contributed by atoms with van der Waals surface area (Å²) in [4.78, 5) is 0. The normalized spacial score (nSPS) is 10.8. The van der Waals surface area contributed by atoms with E-state index < -0.39 is 0 Å². The summed E-state index contributed by atoms with van der Waals surface area (Å²) in [6.07, 6.45) is 0.793. The molecular formula is C14H19N3O. The largest absolute Gasteiger partial charge is 0.382 e. The molecule has 0 radical (unpaired) electrons. The first-order valence-corrected chi connectivity index (χ1v) is 6.20. The maximum absolute atomic E-state index is 5.96. The van der Waals surface area contributed by atoms with Crippen molar-refractivity contribution in [1.82, 2.24) is 10.2 Å². The fraction of sp³-hybridized carbons (Fsp3) is 0.357. The highest BCUT2D eigenvalue weighted by molar-refractivity contribution is 5.78. The average molecular weight is 245 g/mol. The second kappa shape index (κ2) is 5.69. The van der Waals surface area contributed by atoms with Gasteiger partial charge < -0.3 is 10.5 Å². The maximum atomic E-state index is 5.96. The Morgan fingerprint density at radius 3 is 2.83 bits per heavy atom. The van der Waals surface area contributed by atoms with Crippen LogP contribution in [0.15, 0.2) is 24.3 Å². The Labute approximate surface area is 107 Å². The number of nitrogens with one attached hydrogen (secondary N) is 1. The van der Waals surface area contributed by atoms with E-state index >= 15 is 0 Å². The van der Waals surface area contributed by atoms with E-state index in [-0.39, 0.29) is 0 Å². The summed E-state index contributed by atoms with van der Waals surface area (Å²) in [5, 5.41) is 7.11. The molecule has 1 aromatic heterocycles. The standard InChI is InChI=1S/C14H19N3O/c1-3-18-9-8-12-13(14(15)17-16-12)11-7-5-4-6-10(11)2/h4-7H,3,8-9H2,1-2H3,(H3,15,16,17). The quantitative estimate of drug-likeness (QED) is 0.796. The number of anilines is 1. The molecule has 0 aliphatic carbocycles. The van der Waals surface area contributed by atoms with Crippen molar-refractivity contribution in [2.75, 3.05) is 18.9 Å². The first kappa shape index (κ1) is 12.6. The minimum atomic E-state index is 0.552. The summed E-state index contributed by atoms with van der Waals surface area (Å²) in [7, 11) is 0. The highest BCUT2D eigenvalue weighted by Crippen LogP contribution is 2.30. The number of nitrogens with two attached hydrogens (primary N) is 1. The minimum Gasteiger partial charge on any atom is -0.382 e. The molecule has 1 heterocycles. The van der Waals surface area contributed by atoms with E-state index in [1.807, 2.05) is 19.1 Å². The monoisotopic (exact) mass is 245 g/mol. The van der Waals surface area contributed by atoms with Gasteiger partial charge in [-0.25, -0.2) is 0 Å². The minimum absolute atomic E-state index is 0.552. The zero-order chi connectivity index (χ0) is 13.0. The SMILES string of the molecule is CCOCCc1[nH]nc(N)c1-c1ccccc1C. The van der Waals surface area contributed by atoms with Crippen LogP contribution in [-0.4, -0.2) is 23.4 Å². The smallest absolute Gasteiger partial charge is 0.153 e. The predicted octanol–water partition coefficient (Wildman–Crippen LogP) is 2.55. The fourth-order valence-electron chi connectivity index (χ4n) is 2.05. The van der Waals surface area contributed by atoms with Gasteiger partial charge in [-0.3, -0.25) is 5.10 Å². The number of aryl methyl sites for hydroxylation is 1. The zero-order valence-corrected chi connectivity index (χ0v) is 10.9. The molecule has 0 fully saturated rings. The molecule has 1 aromatic carbocycles. The second-order valence-corrected chi connectivity index (χ2v) is 4.22. The van der Waals surface area contributed by atoms with Crippen LogP contribution in [0.4, 0.5) is 5.82 Å². The number of benzene rings is 1. The van der Waals surface area contributed by atoms with Gasteiger partial charge in [0.05, 0.1) is 6.61 Å². The van der Waals surface area contributed by atoms with Crippen LogP contribution in [0.2, 0.25) is 0 Å². The van der Waals surface area contributed by atoms with Crippen molar-refractivity contribution in [2.45, 2.75) is 20.3 Å². The molecule has 0 aliphatic heterocycles. The van der Waals surface area contributed by atoms with Crippen LogP contribution < -0.4 is 5.73 Å². The Morgan fingerprint density at radius 1 is 1.33 bits per heavy atom. The van der Waals surface area contributed by atoms with Crippen molar-refractivity contribution in [1.29, 1.82) is 0 Å². The Bertz CT molecular complexity index is 520. The van der Waals surface area contributed by atoms with E-state index in [2.05, 4.69) is 29.3 Å². The van der Waals surface area contributed by atoms with Crippen LogP contribution in [0, 0.1) is 6.92 Å². The van der Waals surface area contributed by atoms with Crippen LogP contribution in [0.3, 0.4) is 0 Å². The van der Waals surface area contributed by atoms with E-state index in [9.17, 15) is 0 Å². The predicted molar refractivity (Wildman–Crippen MR) is 73.4 cm³/mol. The molecule has 0 amide bonds. The van der Waals surface area contributed by atoms with Gasteiger partial charge in [0, 0.05) is 24.3 Å². The van der Waals surface area contributed by atoms with Gasteiger partial charge in [-0.2, -0.15) is 5.10 Å². The van der Waals surface area contributed by atoms with Crippen LogP contribution in [0.5, 0.6) is 0 Å². The van der Waals surface area contributed by atoms with E-state index in [0.717, 1.165) is 29.8 Å². The number of rotatable bonds is 5. The number of aromatic nitrogens is 2. The third kappa shape index (κ3) is 2.54. The number of H-pyrrole nitrogens is 1. The molecule has 0 atom stereocenters. The van der Waals surface area contributed by atoms with E-state index in [4.69, 9.17) is 10.5 Å². The summed E-state index contributed by atoms with van der Waals surface area (Å²) in [5.74, 6) is 0.552. The number of hydrogen-bond donors (Lipinski definition) is 2. The third-order valence-corrected chi connectivity index (χ3v) is 2.98. The Morgan fingerprint density at radius 2 is 2.11 bits per heavy atom. The summed E-state index contributed by atoms with van der Waals surface area (Å²) >= 11 is 0. The summed E-state index contributed by atoms with van der Waals surface area (Å²) < 4.78 is 5.38. The zero-order valence-electron chi connectivity index (χ0n) is 10.9. The fourth-order valence-corrected chi connectivity index (χ4v) is 2.05. The first-order valence-electron chi connectivity index (χ1n) is 6.20. The van der Waals surface area contributed by atoms with Gasteiger partial charge in [0.25, 0.3) is 0 Å². The average Bonchev–Trinajstić information content (AvgIpc) is 2.72. The van der Waals surface area contributed by atoms with Gasteiger partial charge in [-0.15, -0.1) is 0 Å². The summed E-state index contributed by atoms with van der Waals surface area (Å²) in [5.41, 5.74) is 10.3. The first-order chi connectivity index (χ1) is 8.74. The summed E-state index contributed by atoms with van der Waals surface area (Å²) in [6, 6.07) is 8.19. The highest BCUT2D eigenvalue weighted by Gasteiger charge is 2.14. The van der Waals surface area contributed by atoms with Gasteiger partial charge in [0.15, 0.2) is 5.82 Å². The molecule has 0 saturated carbocycles. The van der Waals surface area contributed by atoms with Gasteiger partial charge in [0.1, 0.15) is 0 Å². The van der Waals surface area contributed by atoms with Crippen molar-refractivity contribution < 1.29 is 4.74 Å². The maximum Gasteiger partial charge on any atom is 0.153 e. The molecule has 4 heteroatoms. The van der Waals surface area contributed by atoms with Gasteiger partial charge in [0.2, 0.25) is 0 Å². The van der Waals surface area contributed by atoms with E-state index in [1.54, 1.807) is 0 Å². The molecule has 0 unspecified atom stereocenters. The number of hydrogen-bond acceptors (Lipinski definition) is 3. The highest BCUT2D eigenvalue weighted by atomic mass is 16.5. The van der Waals surface area contributed by atoms with E-state index in [0.29, 0.717) is 12.4 Å². The number of ether oxygens (including phenoxy) is 1. The molecule has 0 bridgehead atoms. The lowest BCUT2D eigenvalue weighted by Gasteiger charge is -2.07. The van der Waals surface area contributed by atoms with Gasteiger partial charge in [-0.1, -0.05) is 24.3 Å². The molecule has 4 nitrogen and oxygen atoms in total. The summed E-state index contributed by atoms with van der Waals surface area (Å²) in [6.45, 7) is 5.47. The van der Waals surface area contributed by atoms with Crippen LogP contribution >= 0.6 is 0 Å². The van der Waals surface area contributed by atoms with Crippen molar-refractivity contribution in [2.24, 2.45) is 0 Å². The molecule has 0 aliphatic rings. The van der Waals surface area contributed by atoms with Crippen LogP contribution in [0.1, 0.15) is 18.2 Å². The Balaban J connectivity index is 2.32. The van der Waals surface area contributed by atoms with E-state index in [1.165, 1.54) is 5.56 Å². The molecule has 0 spiro atoms. The second-order valence-electron chi connectivity index (χ2n) is 4.22. The lowest BCUT2D eigenvalue weighted by molar-refractivity contribution is 0.150. The molecule has 3 N–H and O–H groups in total. The number of nitrogens with zero attached hydrogens (tertiary/aromatic N) is 1.